The molecule has 0 aliphatic carbocycles. The minimum absolute atomic E-state index is 0.00469. The van der Waals surface area contributed by atoms with E-state index in [0.717, 1.165) is 0 Å². The van der Waals surface area contributed by atoms with Crippen LogP contribution in [0.1, 0.15) is 16.2 Å². The molecule has 0 amide bonds. The number of imidazole rings is 1. The van der Waals surface area contributed by atoms with Gasteiger partial charge < -0.3 is 10.7 Å². The highest BCUT2D eigenvalue weighted by atomic mass is 16.1. The summed E-state index contributed by atoms with van der Waals surface area (Å²) in [5.74, 6) is 0.293. The number of hydrogen-bond acceptors (Lipinski definition) is 5. The molecule has 7 nitrogen and oxygen atoms in total. The summed E-state index contributed by atoms with van der Waals surface area (Å²) in [5, 5.41) is 0. The largest absolute Gasteiger partial charge is 0.369 e. The van der Waals surface area contributed by atoms with Gasteiger partial charge in [0.05, 0.1) is 6.42 Å². The van der Waals surface area contributed by atoms with Gasteiger partial charge in [0.1, 0.15) is 5.82 Å². The summed E-state index contributed by atoms with van der Waals surface area (Å²) in [6.45, 7) is 0. The zero-order valence-electron chi connectivity index (χ0n) is 10.4. The zero-order chi connectivity index (χ0) is 14.1. The van der Waals surface area contributed by atoms with Gasteiger partial charge in [0.2, 0.25) is 5.95 Å². The van der Waals surface area contributed by atoms with Crippen molar-refractivity contribution >= 4 is 22.9 Å². The molecule has 0 bridgehead atoms. The second kappa shape index (κ2) is 4.61. The molecule has 2 heterocycles. The van der Waals surface area contributed by atoms with Crippen molar-refractivity contribution in [3.8, 4) is 0 Å². The Morgan fingerprint density at radius 3 is 2.65 bits per heavy atom. The van der Waals surface area contributed by atoms with E-state index in [0.29, 0.717) is 11.4 Å². The molecule has 0 spiro atoms. The third kappa shape index (κ3) is 2.16. The molecule has 2 aromatic heterocycles. The molecular formula is C13H11N5O2. The Hall–Kier alpha value is -2.96. The first-order chi connectivity index (χ1) is 9.63. The fraction of sp³-hybridized carbons (Fsp3) is 0.0769. The highest BCUT2D eigenvalue weighted by molar-refractivity contribution is 5.97. The lowest BCUT2D eigenvalue weighted by Crippen LogP contribution is -2.11. The number of anilines is 1. The van der Waals surface area contributed by atoms with E-state index in [9.17, 15) is 9.59 Å². The molecule has 1 aromatic carbocycles. The molecule has 0 atom stereocenters. The zero-order valence-corrected chi connectivity index (χ0v) is 10.4. The van der Waals surface area contributed by atoms with Crippen LogP contribution in [-0.2, 0) is 6.42 Å². The Labute approximate surface area is 112 Å². The van der Waals surface area contributed by atoms with Crippen LogP contribution in [0.2, 0.25) is 0 Å². The number of Topliss-reactive ketones (excluding diaryl/α,β-unsaturated/α-hetero) is 1. The number of ketones is 1. The quantitative estimate of drug-likeness (QED) is 0.603. The fourth-order valence-electron chi connectivity index (χ4n) is 1.93. The summed E-state index contributed by atoms with van der Waals surface area (Å²) in [4.78, 5) is 36.9. The number of fused-ring (bicyclic) bond motifs is 1. The van der Waals surface area contributed by atoms with Gasteiger partial charge >= 0.3 is 0 Å². The number of aromatic nitrogens is 4. The number of carbonyl (C=O) groups is 1. The number of hydrogen-bond donors (Lipinski definition) is 3. The summed E-state index contributed by atoms with van der Waals surface area (Å²) in [6, 6.07) is 8.88. The van der Waals surface area contributed by atoms with E-state index in [1.54, 1.807) is 24.3 Å². The molecule has 0 radical (unpaired) electrons. The fourth-order valence-corrected chi connectivity index (χ4v) is 1.93. The first-order valence-electron chi connectivity index (χ1n) is 5.96. The Morgan fingerprint density at radius 1 is 1.15 bits per heavy atom. The van der Waals surface area contributed by atoms with Crippen molar-refractivity contribution in [2.45, 2.75) is 6.42 Å². The lowest BCUT2D eigenvalue weighted by atomic mass is 10.1. The molecule has 20 heavy (non-hydrogen) atoms. The third-order valence-electron chi connectivity index (χ3n) is 2.85. The van der Waals surface area contributed by atoms with Crippen LogP contribution in [0.25, 0.3) is 11.2 Å². The van der Waals surface area contributed by atoms with Crippen molar-refractivity contribution in [1.82, 2.24) is 19.9 Å². The lowest BCUT2D eigenvalue weighted by molar-refractivity contribution is 0.0991. The van der Waals surface area contributed by atoms with Crippen LogP contribution in [0, 0.1) is 0 Å². The molecule has 3 aromatic rings. The van der Waals surface area contributed by atoms with E-state index in [4.69, 9.17) is 5.73 Å². The number of benzene rings is 1. The van der Waals surface area contributed by atoms with E-state index >= 15 is 0 Å². The van der Waals surface area contributed by atoms with Crippen molar-refractivity contribution < 1.29 is 4.79 Å². The molecule has 0 aliphatic rings. The number of nitrogens with one attached hydrogen (secondary N) is 2. The van der Waals surface area contributed by atoms with Crippen LogP contribution in [-0.4, -0.2) is 25.7 Å². The second-order valence-corrected chi connectivity index (χ2v) is 4.30. The number of carbonyl (C=O) groups excluding carboxylic acids is 1. The summed E-state index contributed by atoms with van der Waals surface area (Å²) < 4.78 is 0. The first kappa shape index (κ1) is 12.1. The molecule has 0 unspecified atom stereocenters. The van der Waals surface area contributed by atoms with Gasteiger partial charge in [0.15, 0.2) is 16.9 Å². The van der Waals surface area contributed by atoms with Crippen molar-refractivity contribution in [1.29, 1.82) is 0 Å². The summed E-state index contributed by atoms with van der Waals surface area (Å²) in [6.07, 6.45) is 0.0692. The van der Waals surface area contributed by atoms with Gasteiger partial charge in [0, 0.05) is 5.56 Å². The number of nitrogens with two attached hydrogens (primary N) is 1. The molecule has 0 fully saturated rings. The number of nitrogen functional groups attached to an aromatic ring is 1. The van der Waals surface area contributed by atoms with E-state index in [2.05, 4.69) is 19.9 Å². The maximum Gasteiger partial charge on any atom is 0.278 e. The monoisotopic (exact) mass is 269 g/mol. The second-order valence-electron chi connectivity index (χ2n) is 4.30. The Kier molecular flexibility index (Phi) is 2.79. The minimum atomic E-state index is -0.404. The SMILES string of the molecule is Nc1nc2nc(CC(=O)c3ccccc3)[nH]c2c(=O)[nH]1. The number of H-pyrrole nitrogens is 2. The summed E-state index contributed by atoms with van der Waals surface area (Å²) >= 11 is 0. The number of rotatable bonds is 3. The van der Waals surface area contributed by atoms with Crippen LogP contribution in [0.15, 0.2) is 35.1 Å². The van der Waals surface area contributed by atoms with Crippen molar-refractivity contribution in [3.05, 3.63) is 52.1 Å². The molecule has 7 heteroatoms. The van der Waals surface area contributed by atoms with Gasteiger partial charge in [-0.3, -0.25) is 14.6 Å². The van der Waals surface area contributed by atoms with Gasteiger partial charge in [-0.25, -0.2) is 4.98 Å². The average molecular weight is 269 g/mol. The summed E-state index contributed by atoms with van der Waals surface area (Å²) in [7, 11) is 0. The Balaban J connectivity index is 1.94. The van der Waals surface area contributed by atoms with E-state index in [1.165, 1.54) is 0 Å². The maximum atomic E-state index is 12.1. The highest BCUT2D eigenvalue weighted by Crippen LogP contribution is 2.08. The van der Waals surface area contributed by atoms with E-state index in [1.807, 2.05) is 6.07 Å². The Morgan fingerprint density at radius 2 is 1.90 bits per heavy atom. The maximum absolute atomic E-state index is 12.1. The Bertz CT molecular complexity index is 835. The highest BCUT2D eigenvalue weighted by Gasteiger charge is 2.12. The molecule has 4 N–H and O–H groups in total. The number of aromatic amines is 2. The van der Waals surface area contributed by atoms with Gasteiger partial charge in [-0.2, -0.15) is 4.98 Å². The van der Waals surface area contributed by atoms with Gasteiger partial charge in [-0.15, -0.1) is 0 Å². The third-order valence-corrected chi connectivity index (χ3v) is 2.85. The summed E-state index contributed by atoms with van der Waals surface area (Å²) in [5.41, 5.74) is 6.05. The van der Waals surface area contributed by atoms with Crippen molar-refractivity contribution in [2.24, 2.45) is 0 Å². The standard InChI is InChI=1S/C13H11N5O2/c14-13-17-11-10(12(20)18-13)15-9(16-11)6-8(19)7-4-2-1-3-5-7/h1-5H,6H2,(H4,14,15,16,17,18,20). The van der Waals surface area contributed by atoms with E-state index < -0.39 is 5.56 Å². The molecule has 0 saturated carbocycles. The van der Waals surface area contributed by atoms with Crippen LogP contribution >= 0.6 is 0 Å². The van der Waals surface area contributed by atoms with Gasteiger partial charge in [-0.1, -0.05) is 30.3 Å². The smallest absolute Gasteiger partial charge is 0.278 e. The van der Waals surface area contributed by atoms with Gasteiger partial charge in [0.25, 0.3) is 5.56 Å². The molecular weight excluding hydrogens is 258 g/mol. The first-order valence-corrected chi connectivity index (χ1v) is 5.96. The van der Waals surface area contributed by atoms with Crippen LogP contribution in [0.5, 0.6) is 0 Å². The number of nitrogens with zero attached hydrogens (tertiary/aromatic N) is 2. The molecule has 3 rings (SSSR count). The van der Waals surface area contributed by atoms with Crippen LogP contribution in [0.4, 0.5) is 5.95 Å². The van der Waals surface area contributed by atoms with Crippen molar-refractivity contribution in [2.75, 3.05) is 5.73 Å². The van der Waals surface area contributed by atoms with Crippen molar-refractivity contribution in [3.63, 3.8) is 0 Å². The van der Waals surface area contributed by atoms with Crippen LogP contribution in [0.3, 0.4) is 0 Å². The minimum Gasteiger partial charge on any atom is -0.369 e. The predicted octanol–water partition coefficient (Wildman–Crippen LogP) is 0.654. The van der Waals surface area contributed by atoms with E-state index in [-0.39, 0.29) is 29.3 Å². The molecule has 100 valence electrons. The van der Waals surface area contributed by atoms with Crippen LogP contribution < -0.4 is 11.3 Å². The molecule has 0 aliphatic heterocycles. The lowest BCUT2D eigenvalue weighted by Gasteiger charge is -1.97. The predicted molar refractivity (Wildman–Crippen MR) is 73.4 cm³/mol. The van der Waals surface area contributed by atoms with Gasteiger partial charge in [-0.05, 0) is 0 Å². The average Bonchev–Trinajstić information content (AvgIpc) is 2.82. The topological polar surface area (TPSA) is 118 Å². The molecule has 0 saturated heterocycles. The normalized spacial score (nSPS) is 10.8.